The van der Waals surface area contributed by atoms with Crippen molar-refractivity contribution in [3.8, 4) is 0 Å². The van der Waals surface area contributed by atoms with Crippen molar-refractivity contribution < 1.29 is 14.6 Å². The largest absolute Gasteiger partial charge is 0.465 e. The molecule has 0 aliphatic rings. The fourth-order valence-electron chi connectivity index (χ4n) is 2.85. The second-order valence-corrected chi connectivity index (χ2v) is 6.48. The van der Waals surface area contributed by atoms with Crippen LogP contribution in [0, 0.1) is 6.92 Å². The molecular formula is C17H20N4O3. The van der Waals surface area contributed by atoms with Gasteiger partial charge in [0, 0.05) is 5.39 Å². The Morgan fingerprint density at radius 1 is 1.38 bits per heavy atom. The quantitative estimate of drug-likeness (QED) is 0.713. The first kappa shape index (κ1) is 16.2. The molecular weight excluding hydrogens is 308 g/mol. The molecule has 3 aromatic rings. The van der Waals surface area contributed by atoms with Gasteiger partial charge in [-0.3, -0.25) is 0 Å². The normalized spacial score (nSPS) is 12.0. The number of rotatable bonds is 3. The Hall–Kier alpha value is -2.67. The highest BCUT2D eigenvalue weighted by Crippen LogP contribution is 2.30. The number of methoxy groups -OCH3 is 1. The number of benzene rings is 1. The summed E-state index contributed by atoms with van der Waals surface area (Å²) < 4.78 is 6.67. The molecule has 2 aromatic heterocycles. The third kappa shape index (κ3) is 2.67. The molecule has 2 heterocycles. The summed E-state index contributed by atoms with van der Waals surface area (Å²) in [7, 11) is 1.33. The van der Waals surface area contributed by atoms with Crippen molar-refractivity contribution in [3.63, 3.8) is 0 Å². The minimum atomic E-state index is -0.908. The standard InChI is InChI=1S/C17H20N4O3/c1-9-19-13-14(21(9)8-17(2,3)23)11-6-5-10(16(22)24-4)7-12(11)20-15(13)18/h5-7,23H,8H2,1-4H3,(H2,18,20). The van der Waals surface area contributed by atoms with Crippen LogP contribution in [0.15, 0.2) is 18.2 Å². The molecule has 126 valence electrons. The van der Waals surface area contributed by atoms with E-state index in [-0.39, 0.29) is 5.82 Å². The topological polar surface area (TPSA) is 103 Å². The smallest absolute Gasteiger partial charge is 0.337 e. The number of hydrogen-bond donors (Lipinski definition) is 2. The zero-order valence-corrected chi connectivity index (χ0v) is 14.1. The van der Waals surface area contributed by atoms with Gasteiger partial charge >= 0.3 is 5.97 Å². The Morgan fingerprint density at radius 2 is 2.08 bits per heavy atom. The van der Waals surface area contributed by atoms with Crippen LogP contribution in [-0.2, 0) is 11.3 Å². The number of carbonyl (C=O) groups is 1. The van der Waals surface area contributed by atoms with Gasteiger partial charge in [-0.1, -0.05) is 0 Å². The molecule has 3 rings (SSSR count). The SMILES string of the molecule is COC(=O)c1ccc2c(c1)nc(N)c1nc(C)n(CC(C)(C)O)c12. The van der Waals surface area contributed by atoms with Gasteiger partial charge in [0.15, 0.2) is 5.82 Å². The summed E-state index contributed by atoms with van der Waals surface area (Å²) >= 11 is 0. The maximum Gasteiger partial charge on any atom is 0.337 e. The molecule has 0 spiro atoms. The number of fused-ring (bicyclic) bond motifs is 3. The van der Waals surface area contributed by atoms with E-state index in [2.05, 4.69) is 9.97 Å². The third-order valence-electron chi connectivity index (χ3n) is 3.86. The maximum absolute atomic E-state index is 11.7. The lowest BCUT2D eigenvalue weighted by Crippen LogP contribution is -2.26. The van der Waals surface area contributed by atoms with Crippen molar-refractivity contribution in [2.24, 2.45) is 0 Å². The van der Waals surface area contributed by atoms with E-state index in [1.165, 1.54) is 7.11 Å². The summed E-state index contributed by atoms with van der Waals surface area (Å²) in [5.41, 5.74) is 7.53. The van der Waals surface area contributed by atoms with Crippen molar-refractivity contribution in [3.05, 3.63) is 29.6 Å². The minimum Gasteiger partial charge on any atom is -0.465 e. The number of carbonyl (C=O) groups excluding carboxylic acids is 1. The first-order valence-corrected chi connectivity index (χ1v) is 7.58. The monoisotopic (exact) mass is 328 g/mol. The number of hydrogen-bond acceptors (Lipinski definition) is 6. The molecule has 3 N–H and O–H groups in total. The van der Waals surface area contributed by atoms with Crippen LogP contribution in [0.4, 0.5) is 5.82 Å². The van der Waals surface area contributed by atoms with Crippen molar-refractivity contribution in [2.45, 2.75) is 32.9 Å². The van der Waals surface area contributed by atoms with Crippen LogP contribution < -0.4 is 5.73 Å². The molecule has 0 unspecified atom stereocenters. The zero-order chi connectivity index (χ0) is 17.6. The molecule has 7 nitrogen and oxygen atoms in total. The summed E-state index contributed by atoms with van der Waals surface area (Å²) in [5, 5.41) is 11.0. The van der Waals surface area contributed by atoms with Crippen LogP contribution in [-0.4, -0.2) is 38.3 Å². The number of nitrogens with two attached hydrogens (primary N) is 1. The number of esters is 1. The van der Waals surface area contributed by atoms with Crippen LogP contribution >= 0.6 is 0 Å². The second kappa shape index (κ2) is 5.45. The number of nitrogens with zero attached hydrogens (tertiary/aromatic N) is 3. The number of aliphatic hydroxyl groups is 1. The number of pyridine rings is 1. The van der Waals surface area contributed by atoms with Crippen LogP contribution in [0.2, 0.25) is 0 Å². The highest BCUT2D eigenvalue weighted by Gasteiger charge is 2.21. The molecule has 0 radical (unpaired) electrons. The first-order chi connectivity index (χ1) is 11.2. The van der Waals surface area contributed by atoms with Gasteiger partial charge in [-0.2, -0.15) is 0 Å². The minimum absolute atomic E-state index is 0.289. The second-order valence-electron chi connectivity index (χ2n) is 6.48. The predicted octanol–water partition coefficient (Wildman–Crippen LogP) is 2.03. The third-order valence-corrected chi connectivity index (χ3v) is 3.86. The Labute approximate surface area is 139 Å². The molecule has 0 saturated carbocycles. The Morgan fingerprint density at radius 3 is 2.71 bits per heavy atom. The Bertz CT molecular complexity index is 954. The summed E-state index contributed by atoms with van der Waals surface area (Å²) in [6, 6.07) is 5.13. The average Bonchev–Trinajstić information content (AvgIpc) is 2.82. The lowest BCUT2D eigenvalue weighted by molar-refractivity contribution is 0.0599. The molecule has 0 amide bonds. The van der Waals surface area contributed by atoms with E-state index >= 15 is 0 Å². The molecule has 0 fully saturated rings. The van der Waals surface area contributed by atoms with Gasteiger partial charge in [0.25, 0.3) is 0 Å². The van der Waals surface area contributed by atoms with Gasteiger partial charge in [-0.25, -0.2) is 14.8 Å². The molecule has 0 aliphatic carbocycles. The molecule has 0 atom stereocenters. The zero-order valence-electron chi connectivity index (χ0n) is 14.1. The fourth-order valence-corrected chi connectivity index (χ4v) is 2.85. The van der Waals surface area contributed by atoms with Crippen molar-refractivity contribution in [1.82, 2.24) is 14.5 Å². The van der Waals surface area contributed by atoms with Gasteiger partial charge in [0.2, 0.25) is 0 Å². The number of nitrogen functional groups attached to an aromatic ring is 1. The van der Waals surface area contributed by atoms with E-state index in [1.807, 2.05) is 11.5 Å². The van der Waals surface area contributed by atoms with Gasteiger partial charge in [-0.05, 0) is 39.0 Å². The Balaban J connectivity index is 2.34. The number of imidazole rings is 1. The predicted molar refractivity (Wildman–Crippen MR) is 91.8 cm³/mol. The van der Waals surface area contributed by atoms with Crippen molar-refractivity contribution in [2.75, 3.05) is 12.8 Å². The van der Waals surface area contributed by atoms with E-state index in [0.29, 0.717) is 23.1 Å². The number of anilines is 1. The Kier molecular flexibility index (Phi) is 3.68. The van der Waals surface area contributed by atoms with Gasteiger partial charge in [0.05, 0.1) is 35.9 Å². The van der Waals surface area contributed by atoms with Gasteiger partial charge in [0.1, 0.15) is 11.3 Å². The van der Waals surface area contributed by atoms with Crippen molar-refractivity contribution >= 4 is 33.7 Å². The number of aryl methyl sites for hydroxylation is 1. The highest BCUT2D eigenvalue weighted by atomic mass is 16.5. The summed E-state index contributed by atoms with van der Waals surface area (Å²) in [6.45, 7) is 5.70. The first-order valence-electron chi connectivity index (χ1n) is 7.58. The summed E-state index contributed by atoms with van der Waals surface area (Å²) in [4.78, 5) is 20.6. The average molecular weight is 328 g/mol. The number of ether oxygens (including phenoxy) is 1. The van der Waals surface area contributed by atoms with E-state index in [9.17, 15) is 9.90 Å². The van der Waals surface area contributed by atoms with Gasteiger partial charge in [-0.15, -0.1) is 0 Å². The van der Waals surface area contributed by atoms with Crippen LogP contribution in [0.1, 0.15) is 30.0 Å². The van der Waals surface area contributed by atoms with Crippen LogP contribution in [0.3, 0.4) is 0 Å². The van der Waals surface area contributed by atoms with Crippen LogP contribution in [0.5, 0.6) is 0 Å². The lowest BCUT2D eigenvalue weighted by atomic mass is 10.1. The van der Waals surface area contributed by atoms with Gasteiger partial charge < -0.3 is 20.1 Å². The maximum atomic E-state index is 11.7. The highest BCUT2D eigenvalue weighted by molar-refractivity contribution is 6.08. The van der Waals surface area contributed by atoms with E-state index in [0.717, 1.165) is 16.7 Å². The molecule has 0 aliphatic heterocycles. The fraction of sp³-hybridized carbons (Fsp3) is 0.353. The lowest BCUT2D eigenvalue weighted by Gasteiger charge is -2.20. The molecule has 0 saturated heterocycles. The molecule has 1 aromatic carbocycles. The summed E-state index contributed by atoms with van der Waals surface area (Å²) in [6.07, 6.45) is 0. The van der Waals surface area contributed by atoms with E-state index < -0.39 is 11.6 Å². The molecule has 7 heteroatoms. The molecule has 0 bridgehead atoms. The van der Waals surface area contributed by atoms with E-state index in [1.54, 1.807) is 32.0 Å². The number of aromatic nitrogens is 3. The van der Waals surface area contributed by atoms with Crippen LogP contribution in [0.25, 0.3) is 21.9 Å². The van der Waals surface area contributed by atoms with E-state index in [4.69, 9.17) is 10.5 Å². The summed E-state index contributed by atoms with van der Waals surface area (Å²) in [5.74, 6) is 0.598. The molecule has 24 heavy (non-hydrogen) atoms. The van der Waals surface area contributed by atoms with Crippen molar-refractivity contribution in [1.29, 1.82) is 0 Å².